The van der Waals surface area contributed by atoms with Crippen molar-refractivity contribution in [3.8, 4) is 22.6 Å². The predicted molar refractivity (Wildman–Crippen MR) is 159 cm³/mol. The normalized spacial score (nSPS) is 14.2. The summed E-state index contributed by atoms with van der Waals surface area (Å²) in [6, 6.07) is 30.5. The maximum Gasteiger partial charge on any atom is 0.118 e. The van der Waals surface area contributed by atoms with Gasteiger partial charge in [-0.05, 0) is 92.4 Å². The first-order chi connectivity index (χ1) is 18.1. The minimum atomic E-state index is -0.524. The minimum Gasteiger partial charge on any atom is -0.508 e. The first kappa shape index (κ1) is 26.1. The van der Waals surface area contributed by atoms with Crippen LogP contribution >= 0.6 is 0 Å². The van der Waals surface area contributed by atoms with Crippen molar-refractivity contribution in [2.45, 2.75) is 70.6 Å². The van der Waals surface area contributed by atoms with Crippen molar-refractivity contribution < 1.29 is 9.84 Å². The van der Waals surface area contributed by atoms with Crippen molar-refractivity contribution >= 4 is 0 Å². The Morgan fingerprint density at radius 1 is 0.632 bits per heavy atom. The van der Waals surface area contributed by atoms with Crippen molar-refractivity contribution in [3.63, 3.8) is 0 Å². The molecule has 5 rings (SSSR count). The van der Waals surface area contributed by atoms with Crippen LogP contribution in [0.1, 0.15) is 87.8 Å². The summed E-state index contributed by atoms with van der Waals surface area (Å²) >= 11 is 0. The van der Waals surface area contributed by atoms with Crippen LogP contribution in [0.3, 0.4) is 0 Å². The number of fused-ring (bicyclic) bond motifs is 3. The summed E-state index contributed by atoms with van der Waals surface area (Å²) < 4.78 is 5.55. The molecule has 38 heavy (non-hydrogen) atoms. The van der Waals surface area contributed by atoms with E-state index in [0.717, 1.165) is 24.2 Å². The molecule has 2 heteroatoms. The van der Waals surface area contributed by atoms with E-state index in [2.05, 4.69) is 114 Å². The summed E-state index contributed by atoms with van der Waals surface area (Å²) in [4.78, 5) is 0. The second-order valence-corrected chi connectivity index (χ2v) is 12.0. The highest BCUT2D eigenvalue weighted by Crippen LogP contribution is 2.57. The van der Waals surface area contributed by atoms with Gasteiger partial charge in [-0.3, -0.25) is 0 Å². The quantitative estimate of drug-likeness (QED) is 0.239. The Morgan fingerprint density at radius 2 is 1.05 bits per heavy atom. The van der Waals surface area contributed by atoms with Gasteiger partial charge in [-0.25, -0.2) is 0 Å². The molecule has 0 spiro atoms. The smallest absolute Gasteiger partial charge is 0.118 e. The fourth-order valence-corrected chi connectivity index (χ4v) is 5.92. The van der Waals surface area contributed by atoms with Crippen LogP contribution in [0.25, 0.3) is 11.1 Å². The summed E-state index contributed by atoms with van der Waals surface area (Å²) in [7, 11) is 1.71. The molecule has 0 atom stereocenters. The van der Waals surface area contributed by atoms with E-state index < -0.39 is 5.41 Å². The predicted octanol–water partition coefficient (Wildman–Crippen LogP) is 9.14. The maximum absolute atomic E-state index is 10.3. The van der Waals surface area contributed by atoms with Gasteiger partial charge in [-0.2, -0.15) is 0 Å². The largest absolute Gasteiger partial charge is 0.508 e. The molecule has 0 saturated heterocycles. The Hall–Kier alpha value is -3.52. The summed E-state index contributed by atoms with van der Waals surface area (Å²) in [6.45, 7) is 13.8. The molecule has 196 valence electrons. The van der Waals surface area contributed by atoms with E-state index in [-0.39, 0.29) is 16.6 Å². The van der Waals surface area contributed by atoms with Crippen molar-refractivity contribution in [1.82, 2.24) is 0 Å². The van der Waals surface area contributed by atoms with Crippen LogP contribution in [0.2, 0.25) is 0 Å². The van der Waals surface area contributed by atoms with Gasteiger partial charge in [-0.1, -0.05) is 102 Å². The third-order valence-corrected chi connectivity index (χ3v) is 9.29. The lowest BCUT2D eigenvalue weighted by molar-refractivity contribution is 0.414. The first-order valence-corrected chi connectivity index (χ1v) is 13.8. The molecular formula is C36H40O2. The Balaban J connectivity index is 1.93. The topological polar surface area (TPSA) is 29.5 Å². The minimum absolute atomic E-state index is 0.0553. The van der Waals surface area contributed by atoms with Crippen molar-refractivity contribution in [3.05, 3.63) is 118 Å². The Morgan fingerprint density at radius 3 is 1.45 bits per heavy atom. The average Bonchev–Trinajstić information content (AvgIpc) is 3.23. The summed E-state index contributed by atoms with van der Waals surface area (Å²) in [5.74, 6) is 1.12. The average molecular weight is 505 g/mol. The second kappa shape index (κ2) is 9.34. The number of phenolic OH excluding ortho intramolecular Hbond substituents is 1. The van der Waals surface area contributed by atoms with Crippen molar-refractivity contribution in [2.75, 3.05) is 7.11 Å². The zero-order valence-corrected chi connectivity index (χ0v) is 23.9. The summed E-state index contributed by atoms with van der Waals surface area (Å²) in [6.07, 6.45) is 2.12. The molecule has 0 amide bonds. The van der Waals surface area contributed by atoms with Crippen LogP contribution < -0.4 is 4.74 Å². The fourth-order valence-electron chi connectivity index (χ4n) is 5.92. The van der Waals surface area contributed by atoms with E-state index in [1.165, 1.54) is 38.9 Å². The number of aromatic hydroxyl groups is 1. The molecule has 0 radical (unpaired) electrons. The lowest BCUT2D eigenvalue weighted by atomic mass is 9.66. The Kier molecular flexibility index (Phi) is 6.42. The third kappa shape index (κ3) is 3.93. The molecule has 2 nitrogen and oxygen atoms in total. The zero-order valence-electron chi connectivity index (χ0n) is 23.9. The molecule has 0 unspecified atom stereocenters. The van der Waals surface area contributed by atoms with Crippen LogP contribution in [-0.4, -0.2) is 12.2 Å². The van der Waals surface area contributed by atoms with Crippen LogP contribution in [0.4, 0.5) is 0 Å². The molecule has 1 aliphatic carbocycles. The lowest BCUT2D eigenvalue weighted by Gasteiger charge is -2.36. The number of hydrogen-bond acceptors (Lipinski definition) is 2. The van der Waals surface area contributed by atoms with Crippen molar-refractivity contribution in [1.29, 1.82) is 0 Å². The van der Waals surface area contributed by atoms with Gasteiger partial charge < -0.3 is 9.84 Å². The molecule has 1 N–H and O–H groups in total. The summed E-state index contributed by atoms with van der Waals surface area (Å²) in [5.41, 5.74) is 9.78. The molecule has 0 aromatic heterocycles. The number of hydrogen-bond donors (Lipinski definition) is 1. The molecule has 0 bridgehead atoms. The van der Waals surface area contributed by atoms with Crippen LogP contribution in [-0.2, 0) is 16.2 Å². The summed E-state index contributed by atoms with van der Waals surface area (Å²) in [5, 5.41) is 10.3. The van der Waals surface area contributed by atoms with Gasteiger partial charge >= 0.3 is 0 Å². The molecule has 1 aliphatic rings. The van der Waals surface area contributed by atoms with E-state index >= 15 is 0 Å². The number of phenols is 1. The Labute approximate surface area is 228 Å². The molecule has 4 aromatic rings. The van der Waals surface area contributed by atoms with E-state index in [1.54, 1.807) is 7.11 Å². The third-order valence-electron chi connectivity index (χ3n) is 9.29. The highest BCUT2D eigenvalue weighted by Gasteiger charge is 2.47. The monoisotopic (exact) mass is 504 g/mol. The highest BCUT2D eigenvalue weighted by molar-refractivity contribution is 5.87. The molecule has 0 saturated carbocycles. The second-order valence-electron chi connectivity index (χ2n) is 12.0. The first-order valence-electron chi connectivity index (χ1n) is 13.8. The van der Waals surface area contributed by atoms with E-state index in [0.29, 0.717) is 0 Å². The highest BCUT2D eigenvalue weighted by atomic mass is 16.5. The van der Waals surface area contributed by atoms with Gasteiger partial charge in [0.15, 0.2) is 0 Å². The number of rotatable bonds is 7. The van der Waals surface area contributed by atoms with Gasteiger partial charge in [0, 0.05) is 0 Å². The Bertz CT molecular complexity index is 1390. The van der Waals surface area contributed by atoms with Crippen LogP contribution in [0, 0.1) is 0 Å². The molecule has 4 aromatic carbocycles. The van der Waals surface area contributed by atoms with Crippen molar-refractivity contribution in [2.24, 2.45) is 0 Å². The van der Waals surface area contributed by atoms with E-state index in [9.17, 15) is 5.11 Å². The fraction of sp³-hybridized carbons (Fsp3) is 0.333. The number of ether oxygens (including phenoxy) is 1. The SMILES string of the molecule is CCC(C)(C)c1ccc2c(c1)C(c1ccc(O)cc1)(c1ccc(OC)cc1)c1cc(C(C)(C)CC)ccc1-2. The molecule has 0 aliphatic heterocycles. The van der Waals surface area contributed by atoms with Crippen LogP contribution in [0.15, 0.2) is 84.9 Å². The standard InChI is InChI=1S/C36H40O2/c1-8-34(3,4)26-14-20-30-31-21-15-27(35(5,6)9-2)23-33(31)36(32(30)22-26,24-10-16-28(37)17-11-24)25-12-18-29(38-7)19-13-25/h10-23,37H,8-9H2,1-7H3. The van der Waals surface area contributed by atoms with Crippen LogP contribution in [0.5, 0.6) is 11.5 Å². The van der Waals surface area contributed by atoms with Gasteiger partial charge in [-0.15, -0.1) is 0 Å². The van der Waals surface area contributed by atoms with Gasteiger partial charge in [0.05, 0.1) is 12.5 Å². The van der Waals surface area contributed by atoms with Gasteiger partial charge in [0.25, 0.3) is 0 Å². The van der Waals surface area contributed by atoms with Gasteiger partial charge in [0.1, 0.15) is 11.5 Å². The molecule has 0 heterocycles. The van der Waals surface area contributed by atoms with E-state index in [1.807, 2.05) is 12.1 Å². The number of benzene rings is 4. The van der Waals surface area contributed by atoms with E-state index in [4.69, 9.17) is 4.74 Å². The zero-order chi connectivity index (χ0) is 27.3. The molecular weight excluding hydrogens is 464 g/mol. The lowest BCUT2D eigenvalue weighted by Crippen LogP contribution is -2.30. The number of methoxy groups -OCH3 is 1. The van der Waals surface area contributed by atoms with Gasteiger partial charge in [0.2, 0.25) is 0 Å². The maximum atomic E-state index is 10.3. The molecule has 0 fully saturated rings.